The Labute approximate surface area is 73.2 Å². The molecule has 0 fully saturated rings. The Balaban J connectivity index is 3.20. The van der Waals surface area contributed by atoms with Crippen LogP contribution >= 0.6 is 23.2 Å². The second-order valence-corrected chi connectivity index (χ2v) is 3.17. The van der Waals surface area contributed by atoms with E-state index in [1.807, 2.05) is 12.2 Å². The molecule has 1 unspecified atom stereocenters. The summed E-state index contributed by atoms with van der Waals surface area (Å²) in [4.78, 5) is 0. The molecule has 0 bridgehead atoms. The lowest BCUT2D eigenvalue weighted by atomic mass is 10.2. The summed E-state index contributed by atoms with van der Waals surface area (Å²) in [6.07, 6.45) is 7.17. The van der Waals surface area contributed by atoms with E-state index in [2.05, 4.69) is 6.92 Å². The fourth-order valence-electron chi connectivity index (χ4n) is 0.738. The molecule has 0 saturated heterocycles. The van der Waals surface area contributed by atoms with Crippen LogP contribution < -0.4 is 0 Å². The predicted molar refractivity (Wildman–Crippen MR) is 49.0 cm³/mol. The molecule has 0 aliphatic rings. The molecule has 0 spiro atoms. The fraction of sp³-hybridized carbons (Fsp3) is 0.750. The molecule has 0 aromatic carbocycles. The first kappa shape index (κ1) is 10.3. The lowest BCUT2D eigenvalue weighted by Crippen LogP contribution is -1.94. The second kappa shape index (κ2) is 7.43. The van der Waals surface area contributed by atoms with Crippen molar-refractivity contribution in [1.29, 1.82) is 0 Å². The van der Waals surface area contributed by atoms with E-state index >= 15 is 0 Å². The third kappa shape index (κ3) is 6.44. The van der Waals surface area contributed by atoms with Gasteiger partial charge in [0, 0.05) is 11.3 Å². The Morgan fingerprint density at radius 2 is 2.10 bits per heavy atom. The van der Waals surface area contributed by atoms with E-state index < -0.39 is 0 Å². The van der Waals surface area contributed by atoms with Crippen LogP contribution in [0.1, 0.15) is 26.2 Å². The molecule has 0 amide bonds. The zero-order valence-corrected chi connectivity index (χ0v) is 7.83. The first-order chi connectivity index (χ1) is 4.81. The summed E-state index contributed by atoms with van der Waals surface area (Å²) in [5.41, 5.74) is 0. The molecule has 1 atom stereocenters. The Hall–Kier alpha value is 0.320. The van der Waals surface area contributed by atoms with Crippen molar-refractivity contribution in [1.82, 2.24) is 0 Å². The van der Waals surface area contributed by atoms with E-state index in [1.165, 1.54) is 0 Å². The normalized spacial score (nSPS) is 14.3. The SMILES string of the molecule is CCCC(Cl)C/C=C/CCl. The van der Waals surface area contributed by atoms with Crippen molar-refractivity contribution in [3.63, 3.8) is 0 Å². The molecule has 0 N–H and O–H groups in total. The van der Waals surface area contributed by atoms with Crippen molar-refractivity contribution in [3.8, 4) is 0 Å². The third-order valence-electron chi connectivity index (χ3n) is 1.25. The molecule has 10 heavy (non-hydrogen) atoms. The Kier molecular flexibility index (Phi) is 7.66. The van der Waals surface area contributed by atoms with E-state index in [-0.39, 0.29) is 0 Å². The molecule has 60 valence electrons. The van der Waals surface area contributed by atoms with Gasteiger partial charge in [0.05, 0.1) is 0 Å². The highest BCUT2D eigenvalue weighted by molar-refractivity contribution is 6.20. The molecule has 0 aromatic rings. The van der Waals surface area contributed by atoms with Crippen LogP contribution in [0.4, 0.5) is 0 Å². The fourth-order valence-corrected chi connectivity index (χ4v) is 1.19. The summed E-state index contributed by atoms with van der Waals surface area (Å²) in [6.45, 7) is 2.14. The summed E-state index contributed by atoms with van der Waals surface area (Å²) < 4.78 is 0. The van der Waals surface area contributed by atoms with Gasteiger partial charge in [-0.15, -0.1) is 23.2 Å². The van der Waals surface area contributed by atoms with Crippen molar-refractivity contribution in [2.75, 3.05) is 5.88 Å². The summed E-state index contributed by atoms with van der Waals surface area (Å²) in [5, 5.41) is 0.296. The van der Waals surface area contributed by atoms with Gasteiger partial charge in [0.15, 0.2) is 0 Å². The summed E-state index contributed by atoms with van der Waals surface area (Å²) in [7, 11) is 0. The van der Waals surface area contributed by atoms with Crippen LogP contribution in [0, 0.1) is 0 Å². The quantitative estimate of drug-likeness (QED) is 0.449. The Bertz CT molecular complexity index is 89.3. The van der Waals surface area contributed by atoms with Crippen LogP contribution in [0.25, 0.3) is 0 Å². The topological polar surface area (TPSA) is 0 Å². The maximum absolute atomic E-state index is 5.92. The first-order valence-corrected chi connectivity index (χ1v) is 4.63. The third-order valence-corrected chi connectivity index (χ3v) is 1.82. The van der Waals surface area contributed by atoms with Crippen LogP contribution in [0.2, 0.25) is 0 Å². The average Bonchev–Trinajstić information content (AvgIpc) is 1.89. The van der Waals surface area contributed by atoms with Crippen molar-refractivity contribution in [2.45, 2.75) is 31.6 Å². The minimum Gasteiger partial charge on any atom is -0.123 e. The zero-order valence-electron chi connectivity index (χ0n) is 6.32. The number of hydrogen-bond donors (Lipinski definition) is 0. The minimum atomic E-state index is 0.296. The molecule has 0 nitrogen and oxygen atoms in total. The molecule has 0 heterocycles. The molecule has 0 aromatic heterocycles. The van der Waals surface area contributed by atoms with Gasteiger partial charge in [-0.3, -0.25) is 0 Å². The number of allylic oxidation sites excluding steroid dienone is 2. The van der Waals surface area contributed by atoms with Gasteiger partial charge in [-0.05, 0) is 12.8 Å². The monoisotopic (exact) mass is 180 g/mol. The Morgan fingerprint density at radius 3 is 2.60 bits per heavy atom. The summed E-state index contributed by atoms with van der Waals surface area (Å²) in [5.74, 6) is 0.593. The number of halogens is 2. The van der Waals surface area contributed by atoms with Gasteiger partial charge in [0.25, 0.3) is 0 Å². The average molecular weight is 181 g/mol. The van der Waals surface area contributed by atoms with Crippen LogP contribution in [-0.2, 0) is 0 Å². The zero-order chi connectivity index (χ0) is 7.82. The highest BCUT2D eigenvalue weighted by Gasteiger charge is 1.97. The molecule has 2 heteroatoms. The van der Waals surface area contributed by atoms with Crippen molar-refractivity contribution in [2.24, 2.45) is 0 Å². The number of alkyl halides is 2. The molecule has 0 saturated carbocycles. The number of hydrogen-bond acceptors (Lipinski definition) is 0. The van der Waals surface area contributed by atoms with Crippen molar-refractivity contribution >= 4 is 23.2 Å². The predicted octanol–water partition coefficient (Wildman–Crippen LogP) is 3.58. The largest absolute Gasteiger partial charge is 0.123 e. The molecule has 0 aliphatic heterocycles. The van der Waals surface area contributed by atoms with Gasteiger partial charge in [-0.2, -0.15) is 0 Å². The van der Waals surface area contributed by atoms with Gasteiger partial charge < -0.3 is 0 Å². The Morgan fingerprint density at radius 1 is 1.40 bits per heavy atom. The summed E-state index contributed by atoms with van der Waals surface area (Å²) in [6, 6.07) is 0. The van der Waals surface area contributed by atoms with E-state index in [4.69, 9.17) is 23.2 Å². The van der Waals surface area contributed by atoms with Gasteiger partial charge in [0.2, 0.25) is 0 Å². The van der Waals surface area contributed by atoms with Crippen LogP contribution in [-0.4, -0.2) is 11.3 Å². The molecular weight excluding hydrogens is 167 g/mol. The maximum Gasteiger partial charge on any atom is 0.0404 e. The highest BCUT2D eigenvalue weighted by Crippen LogP contribution is 2.09. The first-order valence-electron chi connectivity index (χ1n) is 3.66. The lowest BCUT2D eigenvalue weighted by Gasteiger charge is -2.01. The summed E-state index contributed by atoms with van der Waals surface area (Å²) >= 11 is 11.4. The highest BCUT2D eigenvalue weighted by atomic mass is 35.5. The smallest absolute Gasteiger partial charge is 0.0404 e. The second-order valence-electron chi connectivity index (χ2n) is 2.25. The van der Waals surface area contributed by atoms with E-state index in [0.29, 0.717) is 11.3 Å². The van der Waals surface area contributed by atoms with Crippen molar-refractivity contribution < 1.29 is 0 Å². The molecule has 0 aliphatic carbocycles. The van der Waals surface area contributed by atoms with Crippen LogP contribution in [0.5, 0.6) is 0 Å². The number of rotatable bonds is 5. The van der Waals surface area contributed by atoms with Crippen LogP contribution in [0.3, 0.4) is 0 Å². The van der Waals surface area contributed by atoms with Gasteiger partial charge in [0.1, 0.15) is 0 Å². The lowest BCUT2D eigenvalue weighted by molar-refractivity contribution is 0.738. The molecule has 0 radical (unpaired) electrons. The van der Waals surface area contributed by atoms with Gasteiger partial charge >= 0.3 is 0 Å². The minimum absolute atomic E-state index is 0.296. The standard InChI is InChI=1S/C8H14Cl2/c1-2-5-8(10)6-3-4-7-9/h3-4,8H,2,5-7H2,1H3/b4-3+. The van der Waals surface area contributed by atoms with Gasteiger partial charge in [-0.25, -0.2) is 0 Å². The van der Waals surface area contributed by atoms with E-state index in [9.17, 15) is 0 Å². The van der Waals surface area contributed by atoms with Crippen LogP contribution in [0.15, 0.2) is 12.2 Å². The maximum atomic E-state index is 5.92. The van der Waals surface area contributed by atoms with E-state index in [1.54, 1.807) is 0 Å². The molecule has 0 rings (SSSR count). The van der Waals surface area contributed by atoms with Gasteiger partial charge in [-0.1, -0.05) is 25.5 Å². The van der Waals surface area contributed by atoms with Crippen molar-refractivity contribution in [3.05, 3.63) is 12.2 Å². The van der Waals surface area contributed by atoms with E-state index in [0.717, 1.165) is 19.3 Å². The molecular formula is C8H14Cl2.